The van der Waals surface area contributed by atoms with Crippen molar-refractivity contribution in [2.45, 2.75) is 13.5 Å². The predicted molar refractivity (Wildman–Crippen MR) is 80.6 cm³/mol. The molecule has 0 aromatic heterocycles. The van der Waals surface area contributed by atoms with Gasteiger partial charge in [-0.05, 0) is 17.7 Å². The standard InChI is InChI=1S/C14H20FN3O3S/c1-3-16(2)22(20,21)18-9-8-17(14(19)11-18)10-12-4-6-13(15)7-5-12/h4-7H,3,8-11H2,1-2H3. The molecule has 6 nitrogen and oxygen atoms in total. The van der Waals surface area contributed by atoms with Gasteiger partial charge in [-0.2, -0.15) is 17.0 Å². The largest absolute Gasteiger partial charge is 0.336 e. The Hall–Kier alpha value is -1.51. The van der Waals surface area contributed by atoms with Crippen LogP contribution in [0.1, 0.15) is 12.5 Å². The van der Waals surface area contributed by atoms with Gasteiger partial charge in [0.05, 0.1) is 6.54 Å². The van der Waals surface area contributed by atoms with Crippen LogP contribution in [0.25, 0.3) is 0 Å². The van der Waals surface area contributed by atoms with Gasteiger partial charge in [-0.1, -0.05) is 19.1 Å². The SMILES string of the molecule is CCN(C)S(=O)(=O)N1CCN(Cc2ccc(F)cc2)C(=O)C1. The summed E-state index contributed by atoms with van der Waals surface area (Å²) in [6.45, 7) is 2.88. The minimum absolute atomic E-state index is 0.159. The van der Waals surface area contributed by atoms with Gasteiger partial charge in [-0.3, -0.25) is 4.79 Å². The smallest absolute Gasteiger partial charge is 0.282 e. The first-order valence-electron chi connectivity index (χ1n) is 7.08. The maximum Gasteiger partial charge on any atom is 0.282 e. The van der Waals surface area contributed by atoms with E-state index < -0.39 is 10.2 Å². The van der Waals surface area contributed by atoms with Crippen molar-refractivity contribution in [1.82, 2.24) is 13.5 Å². The van der Waals surface area contributed by atoms with Crippen molar-refractivity contribution in [1.29, 1.82) is 0 Å². The zero-order valence-corrected chi connectivity index (χ0v) is 13.5. The Kier molecular flexibility index (Phi) is 5.15. The maximum atomic E-state index is 12.9. The molecule has 1 saturated heterocycles. The third-order valence-electron chi connectivity index (χ3n) is 3.74. The van der Waals surface area contributed by atoms with E-state index in [2.05, 4.69) is 0 Å². The first-order chi connectivity index (χ1) is 10.3. The molecule has 0 unspecified atom stereocenters. The summed E-state index contributed by atoms with van der Waals surface area (Å²) >= 11 is 0. The summed E-state index contributed by atoms with van der Waals surface area (Å²) < 4.78 is 39.7. The highest BCUT2D eigenvalue weighted by molar-refractivity contribution is 7.86. The van der Waals surface area contributed by atoms with Gasteiger partial charge in [0, 0.05) is 33.2 Å². The van der Waals surface area contributed by atoms with Crippen molar-refractivity contribution in [2.24, 2.45) is 0 Å². The summed E-state index contributed by atoms with van der Waals surface area (Å²) in [5, 5.41) is 0. The molecule has 1 aromatic rings. The molecule has 0 spiro atoms. The van der Waals surface area contributed by atoms with E-state index in [0.29, 0.717) is 19.6 Å². The lowest BCUT2D eigenvalue weighted by Gasteiger charge is -2.35. The second kappa shape index (κ2) is 6.72. The first-order valence-corrected chi connectivity index (χ1v) is 8.48. The summed E-state index contributed by atoms with van der Waals surface area (Å²) in [6.07, 6.45) is 0. The minimum atomic E-state index is -3.58. The van der Waals surface area contributed by atoms with Crippen LogP contribution in [-0.4, -0.2) is 61.1 Å². The van der Waals surface area contributed by atoms with E-state index in [9.17, 15) is 17.6 Å². The molecule has 0 atom stereocenters. The second-order valence-corrected chi connectivity index (χ2v) is 7.23. The Bertz CT molecular complexity index is 633. The summed E-state index contributed by atoms with van der Waals surface area (Å²) in [4.78, 5) is 13.7. The number of nitrogens with zero attached hydrogens (tertiary/aromatic N) is 3. The first kappa shape index (κ1) is 16.9. The lowest BCUT2D eigenvalue weighted by Crippen LogP contribution is -2.54. The highest BCUT2D eigenvalue weighted by Gasteiger charge is 2.33. The van der Waals surface area contributed by atoms with Gasteiger partial charge < -0.3 is 4.90 Å². The molecule has 22 heavy (non-hydrogen) atoms. The highest BCUT2D eigenvalue weighted by atomic mass is 32.2. The van der Waals surface area contributed by atoms with Crippen LogP contribution in [0.5, 0.6) is 0 Å². The van der Waals surface area contributed by atoms with E-state index in [1.165, 1.54) is 27.8 Å². The van der Waals surface area contributed by atoms with Gasteiger partial charge in [-0.25, -0.2) is 4.39 Å². The van der Waals surface area contributed by atoms with Crippen molar-refractivity contribution in [3.63, 3.8) is 0 Å². The summed E-state index contributed by atoms with van der Waals surface area (Å²) in [6, 6.07) is 5.93. The number of hydrogen-bond acceptors (Lipinski definition) is 3. The Morgan fingerprint density at radius 1 is 1.23 bits per heavy atom. The van der Waals surface area contributed by atoms with Crippen LogP contribution in [0.3, 0.4) is 0 Å². The number of benzene rings is 1. The van der Waals surface area contributed by atoms with Crippen LogP contribution >= 0.6 is 0 Å². The van der Waals surface area contributed by atoms with Crippen LogP contribution in [0, 0.1) is 5.82 Å². The van der Waals surface area contributed by atoms with Crippen LogP contribution in [0.2, 0.25) is 0 Å². The normalized spacial score (nSPS) is 17.3. The molecule has 1 aromatic carbocycles. The maximum absolute atomic E-state index is 12.9. The van der Waals surface area contributed by atoms with Crippen molar-refractivity contribution < 1.29 is 17.6 Å². The molecule has 122 valence electrons. The molecule has 1 fully saturated rings. The molecule has 0 bridgehead atoms. The van der Waals surface area contributed by atoms with Gasteiger partial charge in [0.1, 0.15) is 5.82 Å². The van der Waals surface area contributed by atoms with Crippen LogP contribution in [0.4, 0.5) is 4.39 Å². The van der Waals surface area contributed by atoms with Crippen molar-refractivity contribution in [3.05, 3.63) is 35.6 Å². The van der Waals surface area contributed by atoms with Gasteiger partial charge >= 0.3 is 0 Å². The minimum Gasteiger partial charge on any atom is -0.336 e. The van der Waals surface area contributed by atoms with Crippen LogP contribution < -0.4 is 0 Å². The summed E-state index contributed by atoms with van der Waals surface area (Å²) in [5.74, 6) is -0.572. The lowest BCUT2D eigenvalue weighted by molar-refractivity contribution is -0.134. The van der Waals surface area contributed by atoms with Gasteiger partial charge in [-0.15, -0.1) is 0 Å². The number of carbonyl (C=O) groups is 1. The number of carbonyl (C=O) groups excluding carboxylic acids is 1. The number of amides is 1. The monoisotopic (exact) mass is 329 g/mol. The zero-order valence-electron chi connectivity index (χ0n) is 12.7. The molecule has 0 N–H and O–H groups in total. The van der Waals surface area contributed by atoms with E-state index in [4.69, 9.17) is 0 Å². The van der Waals surface area contributed by atoms with Crippen molar-refractivity contribution >= 4 is 16.1 Å². The quantitative estimate of drug-likeness (QED) is 0.798. The van der Waals surface area contributed by atoms with Gasteiger partial charge in [0.15, 0.2) is 0 Å². The topological polar surface area (TPSA) is 60.9 Å². The molecule has 1 heterocycles. The van der Waals surface area contributed by atoms with E-state index in [-0.39, 0.29) is 24.8 Å². The van der Waals surface area contributed by atoms with E-state index in [0.717, 1.165) is 5.56 Å². The molecule has 0 saturated carbocycles. The van der Waals surface area contributed by atoms with Gasteiger partial charge in [0.2, 0.25) is 5.91 Å². The highest BCUT2D eigenvalue weighted by Crippen LogP contribution is 2.14. The van der Waals surface area contributed by atoms with Gasteiger partial charge in [0.25, 0.3) is 10.2 Å². The number of piperazine rings is 1. The Morgan fingerprint density at radius 3 is 2.41 bits per heavy atom. The predicted octanol–water partition coefficient (Wildman–Crippen LogP) is 0.666. The molecule has 1 aliphatic rings. The molecule has 0 aliphatic carbocycles. The fourth-order valence-electron chi connectivity index (χ4n) is 2.22. The second-order valence-electron chi connectivity index (χ2n) is 5.20. The molecule has 0 radical (unpaired) electrons. The fraction of sp³-hybridized carbons (Fsp3) is 0.500. The molecular weight excluding hydrogens is 309 g/mol. The summed E-state index contributed by atoms with van der Waals surface area (Å²) in [7, 11) is -2.09. The average molecular weight is 329 g/mol. The molecule has 1 aliphatic heterocycles. The Labute approximate surface area is 130 Å². The van der Waals surface area contributed by atoms with E-state index >= 15 is 0 Å². The third kappa shape index (κ3) is 3.63. The molecular formula is C14H20FN3O3S. The van der Waals surface area contributed by atoms with Crippen molar-refractivity contribution in [3.8, 4) is 0 Å². The zero-order chi connectivity index (χ0) is 16.3. The van der Waals surface area contributed by atoms with Crippen molar-refractivity contribution in [2.75, 3.05) is 33.2 Å². The Morgan fingerprint density at radius 2 is 1.86 bits per heavy atom. The van der Waals surface area contributed by atoms with Crippen LogP contribution in [0.15, 0.2) is 24.3 Å². The average Bonchev–Trinajstić information content (AvgIpc) is 2.50. The number of hydrogen-bond donors (Lipinski definition) is 0. The lowest BCUT2D eigenvalue weighted by atomic mass is 10.2. The Balaban J connectivity index is 2.01. The number of halogens is 1. The van der Waals surface area contributed by atoms with E-state index in [1.807, 2.05) is 0 Å². The molecule has 2 rings (SSSR count). The molecule has 8 heteroatoms. The van der Waals surface area contributed by atoms with E-state index in [1.54, 1.807) is 24.0 Å². The molecule has 1 amide bonds. The third-order valence-corrected chi connectivity index (χ3v) is 5.75. The van der Waals surface area contributed by atoms with Crippen LogP contribution in [-0.2, 0) is 21.5 Å². The summed E-state index contributed by atoms with van der Waals surface area (Å²) in [5.41, 5.74) is 0.816. The fourth-order valence-corrected chi connectivity index (χ4v) is 3.53. The number of rotatable bonds is 5.